The molecule has 0 N–H and O–H groups in total. The summed E-state index contributed by atoms with van der Waals surface area (Å²) in [4.78, 5) is 33.4. The van der Waals surface area contributed by atoms with Gasteiger partial charge in [-0.1, -0.05) is 43.9 Å². The van der Waals surface area contributed by atoms with Crippen LogP contribution in [0, 0.1) is 26.7 Å². The van der Waals surface area contributed by atoms with Crippen LogP contribution >= 0.6 is 0 Å². The highest BCUT2D eigenvalue weighted by Gasteiger charge is 2.72. The summed E-state index contributed by atoms with van der Waals surface area (Å²) in [7, 11) is 0. The number of rotatable bonds is 1. The zero-order chi connectivity index (χ0) is 18.0. The molecule has 3 aliphatic rings. The number of nitrogens with zero attached hydrogens (tertiary/aromatic N) is 1. The second-order valence-corrected chi connectivity index (χ2v) is 8.30. The maximum atomic E-state index is 14.0. The molecule has 2 heterocycles. The van der Waals surface area contributed by atoms with Crippen LogP contribution in [0.25, 0.3) is 0 Å². The zero-order valence-electron chi connectivity index (χ0n) is 15.6. The predicted octanol–water partition coefficient (Wildman–Crippen LogP) is 3.55. The van der Waals surface area contributed by atoms with Gasteiger partial charge in [-0.25, -0.2) is 5.06 Å². The van der Waals surface area contributed by atoms with E-state index in [1.165, 1.54) is 5.06 Å². The van der Waals surface area contributed by atoms with Crippen LogP contribution in [0.1, 0.15) is 61.3 Å². The summed E-state index contributed by atoms with van der Waals surface area (Å²) in [5, 5.41) is 1.49. The van der Waals surface area contributed by atoms with Crippen LogP contribution in [0.3, 0.4) is 0 Å². The van der Waals surface area contributed by atoms with E-state index in [1.54, 1.807) is 0 Å². The highest BCUT2D eigenvalue weighted by Crippen LogP contribution is 2.55. The van der Waals surface area contributed by atoms with Gasteiger partial charge in [0.15, 0.2) is 5.78 Å². The number of benzene rings is 1. The second kappa shape index (κ2) is 5.41. The number of hydroxylamine groups is 2. The van der Waals surface area contributed by atoms with E-state index in [0.29, 0.717) is 6.61 Å². The Labute approximate surface area is 149 Å². The Kier molecular flexibility index (Phi) is 3.63. The van der Waals surface area contributed by atoms with Gasteiger partial charge >= 0.3 is 0 Å². The maximum absolute atomic E-state index is 14.0. The quantitative estimate of drug-likeness (QED) is 0.734. The molecular weight excluding hydrogens is 314 g/mol. The molecule has 0 aromatic heterocycles. The fourth-order valence-corrected chi connectivity index (χ4v) is 5.67. The molecule has 1 aromatic rings. The molecule has 3 fully saturated rings. The van der Waals surface area contributed by atoms with Crippen molar-refractivity contribution in [3.8, 4) is 0 Å². The summed E-state index contributed by atoms with van der Waals surface area (Å²) in [5.41, 5.74) is 2.36. The Bertz CT molecular complexity index is 739. The lowest BCUT2D eigenvalue weighted by Crippen LogP contribution is -2.53. The summed E-state index contributed by atoms with van der Waals surface area (Å²) in [6.07, 6.45) is 4.55. The lowest BCUT2D eigenvalue weighted by molar-refractivity contribution is -0.229. The number of hydrogen-bond acceptors (Lipinski definition) is 3. The minimum Gasteiger partial charge on any atom is -0.295 e. The Morgan fingerprint density at radius 3 is 2.24 bits per heavy atom. The number of Topliss-reactive ketones (excluding diaryl/α,β-unsaturated/α-hetero) is 1. The number of amides is 1. The molecule has 1 aliphatic carbocycles. The molecule has 2 atom stereocenters. The van der Waals surface area contributed by atoms with Crippen LogP contribution < -0.4 is 0 Å². The van der Waals surface area contributed by atoms with Crippen LogP contribution in [0.4, 0.5) is 0 Å². The topological polar surface area (TPSA) is 46.6 Å². The molecule has 1 saturated carbocycles. The van der Waals surface area contributed by atoms with Gasteiger partial charge in [0.2, 0.25) is 0 Å². The van der Waals surface area contributed by atoms with Gasteiger partial charge in [-0.05, 0) is 50.3 Å². The van der Waals surface area contributed by atoms with Crippen molar-refractivity contribution in [3.05, 3.63) is 34.4 Å². The van der Waals surface area contributed by atoms with Crippen molar-refractivity contribution in [2.24, 2.45) is 5.92 Å². The van der Waals surface area contributed by atoms with E-state index in [9.17, 15) is 9.59 Å². The molecule has 25 heavy (non-hydrogen) atoms. The lowest BCUT2D eigenvalue weighted by Gasteiger charge is -2.39. The van der Waals surface area contributed by atoms with Gasteiger partial charge in [0, 0.05) is 5.92 Å². The van der Waals surface area contributed by atoms with Crippen molar-refractivity contribution >= 4 is 11.7 Å². The average Bonchev–Trinajstić information content (AvgIpc) is 2.66. The monoisotopic (exact) mass is 341 g/mol. The van der Waals surface area contributed by atoms with Crippen LogP contribution in [0.2, 0.25) is 0 Å². The van der Waals surface area contributed by atoms with Gasteiger partial charge in [-0.3, -0.25) is 14.4 Å². The minimum absolute atomic E-state index is 0.0877. The molecule has 4 nitrogen and oxygen atoms in total. The lowest BCUT2D eigenvalue weighted by atomic mass is 9.62. The van der Waals surface area contributed by atoms with Gasteiger partial charge in [-0.15, -0.1) is 0 Å². The largest absolute Gasteiger partial charge is 0.295 e. The van der Waals surface area contributed by atoms with Crippen molar-refractivity contribution in [3.63, 3.8) is 0 Å². The van der Waals surface area contributed by atoms with Gasteiger partial charge in [0.05, 0.1) is 6.61 Å². The molecule has 1 amide bonds. The molecular formula is C21H27NO3. The summed E-state index contributed by atoms with van der Waals surface area (Å²) in [6.45, 7) is 8.54. The Balaban J connectivity index is 1.98. The molecule has 1 aromatic carbocycles. The first-order valence-corrected chi connectivity index (χ1v) is 9.46. The number of fused-ring (bicyclic) bond motifs is 3. The van der Waals surface area contributed by atoms with E-state index < -0.39 is 11.0 Å². The molecule has 2 saturated heterocycles. The SMILES string of the molecule is Cc1cc(C)c(C23C(=O)N(OCC2C)C2(CCCCC2)C3=O)c(C)c1. The summed E-state index contributed by atoms with van der Waals surface area (Å²) in [6, 6.07) is 4.19. The molecule has 134 valence electrons. The Morgan fingerprint density at radius 1 is 1.04 bits per heavy atom. The van der Waals surface area contributed by atoms with Crippen LogP contribution in [-0.4, -0.2) is 28.9 Å². The van der Waals surface area contributed by atoms with E-state index in [0.717, 1.165) is 54.4 Å². The highest BCUT2D eigenvalue weighted by atomic mass is 16.7. The van der Waals surface area contributed by atoms with Crippen molar-refractivity contribution in [2.75, 3.05) is 6.61 Å². The number of aryl methyl sites for hydroxylation is 3. The Morgan fingerprint density at radius 2 is 1.64 bits per heavy atom. The van der Waals surface area contributed by atoms with Gasteiger partial charge in [0.1, 0.15) is 11.0 Å². The van der Waals surface area contributed by atoms with E-state index in [1.807, 2.05) is 20.8 Å². The van der Waals surface area contributed by atoms with Gasteiger partial charge in [-0.2, -0.15) is 0 Å². The highest BCUT2D eigenvalue weighted by molar-refractivity contribution is 6.22. The molecule has 2 aliphatic heterocycles. The molecule has 2 unspecified atom stereocenters. The fourth-order valence-electron chi connectivity index (χ4n) is 5.67. The molecule has 0 radical (unpaired) electrons. The normalized spacial score (nSPS) is 31.0. The second-order valence-electron chi connectivity index (χ2n) is 8.30. The number of carbonyl (C=O) groups excluding carboxylic acids is 2. The van der Waals surface area contributed by atoms with E-state index in [2.05, 4.69) is 19.1 Å². The van der Waals surface area contributed by atoms with Gasteiger partial charge < -0.3 is 0 Å². The van der Waals surface area contributed by atoms with Crippen molar-refractivity contribution in [1.82, 2.24) is 5.06 Å². The number of ketones is 1. The molecule has 1 spiro atoms. The first-order chi connectivity index (χ1) is 11.9. The Hall–Kier alpha value is -1.68. The van der Waals surface area contributed by atoms with E-state index >= 15 is 0 Å². The van der Waals surface area contributed by atoms with Crippen molar-refractivity contribution in [1.29, 1.82) is 0 Å². The minimum atomic E-state index is -1.07. The first-order valence-electron chi connectivity index (χ1n) is 9.46. The van der Waals surface area contributed by atoms with Gasteiger partial charge in [0.25, 0.3) is 5.91 Å². The van der Waals surface area contributed by atoms with Crippen molar-refractivity contribution < 1.29 is 14.4 Å². The average molecular weight is 341 g/mol. The summed E-state index contributed by atoms with van der Waals surface area (Å²) >= 11 is 0. The third-order valence-electron chi connectivity index (χ3n) is 6.64. The summed E-state index contributed by atoms with van der Waals surface area (Å²) in [5.74, 6) is -0.192. The van der Waals surface area contributed by atoms with Crippen LogP contribution in [0.5, 0.6) is 0 Å². The van der Waals surface area contributed by atoms with E-state index in [-0.39, 0.29) is 17.6 Å². The van der Waals surface area contributed by atoms with E-state index in [4.69, 9.17) is 4.84 Å². The maximum Gasteiger partial charge on any atom is 0.265 e. The predicted molar refractivity (Wildman–Crippen MR) is 95.1 cm³/mol. The standard InChI is InChI=1S/C21H27NO3/c1-13-10-14(2)17(15(3)11-13)21-16(4)12-25-22(19(21)24)20(18(21)23)8-6-5-7-9-20/h10-11,16H,5-9,12H2,1-4H3. The van der Waals surface area contributed by atoms with Crippen LogP contribution in [0.15, 0.2) is 12.1 Å². The number of carbonyl (C=O) groups is 2. The van der Waals surface area contributed by atoms with Crippen LogP contribution in [-0.2, 0) is 19.8 Å². The number of hydrogen-bond donors (Lipinski definition) is 0. The smallest absolute Gasteiger partial charge is 0.265 e. The fraction of sp³-hybridized carbons (Fsp3) is 0.619. The third-order valence-corrected chi connectivity index (χ3v) is 6.64. The summed E-state index contributed by atoms with van der Waals surface area (Å²) < 4.78 is 0. The zero-order valence-corrected chi connectivity index (χ0v) is 15.6. The third kappa shape index (κ3) is 1.92. The molecule has 2 bridgehead atoms. The molecule has 4 heteroatoms. The first kappa shape index (κ1) is 16.8. The van der Waals surface area contributed by atoms with Crippen molar-refractivity contribution in [2.45, 2.75) is 70.8 Å². The molecule has 4 rings (SSSR count).